The molecule has 0 amide bonds. The van der Waals surface area contributed by atoms with Crippen LogP contribution in [0.15, 0.2) is 71.0 Å². The molecule has 2 aromatic heterocycles. The van der Waals surface area contributed by atoms with Gasteiger partial charge in [-0.1, -0.05) is 24.3 Å². The molecule has 6 rings (SSSR count). The van der Waals surface area contributed by atoms with Crippen molar-refractivity contribution in [2.24, 2.45) is 5.92 Å². The number of nitrogens with zero attached hydrogens (tertiary/aromatic N) is 3. The molecule has 1 unspecified atom stereocenters. The van der Waals surface area contributed by atoms with Crippen molar-refractivity contribution < 1.29 is 4.74 Å². The summed E-state index contributed by atoms with van der Waals surface area (Å²) in [6.45, 7) is 4.67. The van der Waals surface area contributed by atoms with Crippen molar-refractivity contribution in [2.75, 3.05) is 13.1 Å². The average Bonchev–Trinajstić information content (AvgIpc) is 3.35. The van der Waals surface area contributed by atoms with Crippen molar-refractivity contribution >= 4 is 32.5 Å². The summed E-state index contributed by atoms with van der Waals surface area (Å²) in [5.41, 5.74) is 5.53. The minimum Gasteiger partial charge on any atom is -0.457 e. The minimum absolute atomic E-state index is 0.0258. The van der Waals surface area contributed by atoms with E-state index in [4.69, 9.17) is 9.72 Å². The van der Waals surface area contributed by atoms with Crippen LogP contribution in [-0.2, 0) is 6.54 Å². The largest absolute Gasteiger partial charge is 0.457 e. The number of hydrogen-bond acceptors (Lipinski definition) is 6. The van der Waals surface area contributed by atoms with E-state index in [-0.39, 0.29) is 5.56 Å². The van der Waals surface area contributed by atoms with Gasteiger partial charge in [0.05, 0.1) is 26.6 Å². The maximum Gasteiger partial charge on any atom is 0.261 e. The third-order valence-electron chi connectivity index (χ3n) is 6.69. The van der Waals surface area contributed by atoms with Gasteiger partial charge in [0.15, 0.2) is 0 Å². The summed E-state index contributed by atoms with van der Waals surface area (Å²) in [7, 11) is 0. The van der Waals surface area contributed by atoms with Crippen LogP contribution in [0.1, 0.15) is 18.4 Å². The van der Waals surface area contributed by atoms with Gasteiger partial charge in [-0.2, -0.15) is 0 Å². The number of aromatic nitrogens is 3. The Morgan fingerprint density at radius 2 is 1.91 bits per heavy atom. The van der Waals surface area contributed by atoms with Gasteiger partial charge in [0, 0.05) is 18.2 Å². The van der Waals surface area contributed by atoms with E-state index in [1.165, 1.54) is 0 Å². The number of aryl methyl sites for hydroxylation is 1. The molecule has 1 N–H and O–H groups in total. The quantitative estimate of drug-likeness (QED) is 0.344. The average molecular weight is 483 g/mol. The standard InChI is InChI=1S/C28H26N4O2S/c1-18-5-2-3-7-22(18)27-31-24-10-8-20(34-21-9-11-25-26(14-21)35-17-30-25)13-23(24)28(33)32(27)16-19-6-4-12-29-15-19/h2-3,5,7-11,13-14,17,19,29H,4,6,12,15-16H2,1H3. The van der Waals surface area contributed by atoms with Crippen LogP contribution in [0.5, 0.6) is 11.5 Å². The highest BCUT2D eigenvalue weighted by Gasteiger charge is 2.20. The highest BCUT2D eigenvalue weighted by atomic mass is 32.1. The molecule has 0 radical (unpaired) electrons. The molecule has 1 aliphatic rings. The second-order valence-corrected chi connectivity index (χ2v) is 10.0. The fourth-order valence-corrected chi connectivity index (χ4v) is 5.54. The zero-order valence-corrected chi connectivity index (χ0v) is 20.3. The van der Waals surface area contributed by atoms with Crippen molar-refractivity contribution in [1.82, 2.24) is 19.9 Å². The van der Waals surface area contributed by atoms with Gasteiger partial charge >= 0.3 is 0 Å². The summed E-state index contributed by atoms with van der Waals surface area (Å²) < 4.78 is 9.07. The molecule has 5 aromatic rings. The van der Waals surface area contributed by atoms with Gasteiger partial charge in [0.25, 0.3) is 5.56 Å². The molecule has 35 heavy (non-hydrogen) atoms. The number of rotatable bonds is 5. The molecule has 3 heterocycles. The predicted molar refractivity (Wildman–Crippen MR) is 141 cm³/mol. The molecule has 0 bridgehead atoms. The molecule has 0 saturated carbocycles. The Morgan fingerprint density at radius 3 is 2.74 bits per heavy atom. The first kappa shape index (κ1) is 21.9. The maximum atomic E-state index is 13.9. The highest BCUT2D eigenvalue weighted by molar-refractivity contribution is 7.16. The van der Waals surface area contributed by atoms with E-state index in [2.05, 4.69) is 23.3 Å². The van der Waals surface area contributed by atoms with Gasteiger partial charge in [-0.25, -0.2) is 9.97 Å². The molecule has 176 valence electrons. The fraction of sp³-hybridized carbons (Fsp3) is 0.250. The predicted octanol–water partition coefficient (Wildman–Crippen LogP) is 5.77. The molecule has 7 heteroatoms. The van der Waals surface area contributed by atoms with Crippen LogP contribution in [0.3, 0.4) is 0 Å². The lowest BCUT2D eigenvalue weighted by molar-refractivity contribution is 0.334. The van der Waals surface area contributed by atoms with Gasteiger partial charge in [0.1, 0.15) is 17.3 Å². The van der Waals surface area contributed by atoms with Gasteiger partial charge in [-0.05, 0) is 74.7 Å². The Bertz CT molecular complexity index is 1580. The van der Waals surface area contributed by atoms with E-state index in [1.54, 1.807) is 11.3 Å². The summed E-state index contributed by atoms with van der Waals surface area (Å²) in [6, 6.07) is 19.5. The van der Waals surface area contributed by atoms with Crippen molar-refractivity contribution in [3.63, 3.8) is 0 Å². The lowest BCUT2D eigenvalue weighted by Crippen LogP contribution is -2.35. The van der Waals surface area contributed by atoms with Crippen molar-refractivity contribution in [1.29, 1.82) is 0 Å². The molecule has 1 fully saturated rings. The van der Waals surface area contributed by atoms with Gasteiger partial charge in [0.2, 0.25) is 0 Å². The molecule has 1 aliphatic heterocycles. The SMILES string of the molecule is Cc1ccccc1-c1nc2ccc(Oc3ccc4ncsc4c3)cc2c(=O)n1CC1CCCNC1. The smallest absolute Gasteiger partial charge is 0.261 e. The Labute approximate surface area is 207 Å². The van der Waals surface area contributed by atoms with Crippen LogP contribution in [0, 0.1) is 12.8 Å². The number of piperidine rings is 1. The van der Waals surface area contributed by atoms with Crippen LogP contribution in [0.4, 0.5) is 0 Å². The summed E-state index contributed by atoms with van der Waals surface area (Å²) >= 11 is 1.58. The van der Waals surface area contributed by atoms with Crippen LogP contribution in [-0.4, -0.2) is 27.6 Å². The molecular weight excluding hydrogens is 456 g/mol. The summed E-state index contributed by atoms with van der Waals surface area (Å²) in [5, 5.41) is 4.04. The van der Waals surface area contributed by atoms with Crippen molar-refractivity contribution in [3.8, 4) is 22.9 Å². The first-order valence-electron chi connectivity index (χ1n) is 12.0. The number of nitrogens with one attached hydrogen (secondary N) is 1. The van der Waals surface area contributed by atoms with Crippen LogP contribution < -0.4 is 15.6 Å². The van der Waals surface area contributed by atoms with E-state index >= 15 is 0 Å². The van der Waals surface area contributed by atoms with E-state index in [0.717, 1.165) is 58.8 Å². The monoisotopic (exact) mass is 482 g/mol. The van der Waals surface area contributed by atoms with Crippen molar-refractivity contribution in [3.05, 3.63) is 82.1 Å². The third kappa shape index (κ3) is 4.33. The minimum atomic E-state index is -0.0258. The van der Waals surface area contributed by atoms with Crippen LogP contribution in [0.25, 0.3) is 32.5 Å². The Morgan fingerprint density at radius 1 is 1.09 bits per heavy atom. The molecule has 0 aliphatic carbocycles. The first-order chi connectivity index (χ1) is 17.2. The number of hydrogen-bond donors (Lipinski definition) is 1. The summed E-state index contributed by atoms with van der Waals surface area (Å²) in [5.74, 6) is 2.47. The van der Waals surface area contributed by atoms with Gasteiger partial charge in [-0.3, -0.25) is 9.36 Å². The maximum absolute atomic E-state index is 13.9. The molecule has 0 spiro atoms. The lowest BCUT2D eigenvalue weighted by Gasteiger charge is -2.25. The highest BCUT2D eigenvalue weighted by Crippen LogP contribution is 2.30. The molecule has 1 saturated heterocycles. The Kier molecular flexibility index (Phi) is 5.80. The number of thiazole rings is 1. The number of fused-ring (bicyclic) bond motifs is 2. The normalized spacial score (nSPS) is 16.1. The van der Waals surface area contributed by atoms with E-state index in [0.29, 0.717) is 29.1 Å². The summed E-state index contributed by atoms with van der Waals surface area (Å²) in [4.78, 5) is 23.2. The Balaban J connectivity index is 1.44. The van der Waals surface area contributed by atoms with Gasteiger partial charge < -0.3 is 10.1 Å². The van der Waals surface area contributed by atoms with Crippen LogP contribution >= 0.6 is 11.3 Å². The lowest BCUT2D eigenvalue weighted by atomic mass is 9.99. The molecular formula is C28H26N4O2S. The Hall–Kier alpha value is -3.55. The molecule has 3 aromatic carbocycles. The molecule has 1 atom stereocenters. The fourth-order valence-electron chi connectivity index (χ4n) is 4.84. The third-order valence-corrected chi connectivity index (χ3v) is 7.48. The van der Waals surface area contributed by atoms with Gasteiger partial charge in [-0.15, -0.1) is 11.3 Å². The second kappa shape index (κ2) is 9.24. The summed E-state index contributed by atoms with van der Waals surface area (Å²) in [6.07, 6.45) is 2.23. The van der Waals surface area contributed by atoms with Crippen molar-refractivity contribution in [2.45, 2.75) is 26.3 Å². The first-order valence-corrected chi connectivity index (χ1v) is 12.9. The van der Waals surface area contributed by atoms with E-state index < -0.39 is 0 Å². The number of ether oxygens (including phenoxy) is 1. The number of benzene rings is 3. The van der Waals surface area contributed by atoms with Crippen LogP contribution in [0.2, 0.25) is 0 Å². The topological polar surface area (TPSA) is 69.0 Å². The second-order valence-electron chi connectivity index (χ2n) is 9.14. The van der Waals surface area contributed by atoms with E-state index in [9.17, 15) is 4.79 Å². The zero-order chi connectivity index (χ0) is 23.8. The molecule has 6 nitrogen and oxygen atoms in total. The van der Waals surface area contributed by atoms with E-state index in [1.807, 2.05) is 64.7 Å². The zero-order valence-electron chi connectivity index (χ0n) is 19.5.